The molecule has 17 heavy (non-hydrogen) atoms. The Balaban J connectivity index is 2.11. The zero-order valence-electron chi connectivity index (χ0n) is 8.83. The van der Waals surface area contributed by atoms with E-state index in [0.29, 0.717) is 11.4 Å². The lowest BCUT2D eigenvalue weighted by atomic mass is 10.2. The number of hydrogen-bond donors (Lipinski definition) is 2. The monoisotopic (exact) mass is 230 g/mol. The van der Waals surface area contributed by atoms with E-state index in [1.165, 1.54) is 18.5 Å². The molecule has 1 aromatic carbocycles. The number of anilines is 1. The van der Waals surface area contributed by atoms with Gasteiger partial charge in [0.25, 0.3) is 0 Å². The van der Waals surface area contributed by atoms with Crippen LogP contribution in [0.4, 0.5) is 5.69 Å². The Bertz CT molecular complexity index is 532. The Kier molecular flexibility index (Phi) is 3.20. The molecule has 0 fully saturated rings. The van der Waals surface area contributed by atoms with Crippen molar-refractivity contribution in [3.63, 3.8) is 0 Å². The quantitative estimate of drug-likeness (QED) is 0.624. The number of benzene rings is 1. The van der Waals surface area contributed by atoms with E-state index in [4.69, 9.17) is 9.52 Å². The van der Waals surface area contributed by atoms with Gasteiger partial charge in [-0.15, -0.1) is 0 Å². The van der Waals surface area contributed by atoms with Crippen LogP contribution in [0, 0.1) is 0 Å². The maximum absolute atomic E-state index is 10.9. The van der Waals surface area contributed by atoms with Gasteiger partial charge in [-0.25, -0.2) is 4.79 Å². The van der Waals surface area contributed by atoms with E-state index in [0.717, 1.165) is 0 Å². The molecule has 0 aliphatic carbocycles. The van der Waals surface area contributed by atoms with E-state index in [9.17, 15) is 4.79 Å². The summed E-state index contributed by atoms with van der Waals surface area (Å²) in [6, 6.07) is 10.0. The van der Waals surface area contributed by atoms with Crippen molar-refractivity contribution < 1.29 is 14.3 Å². The molecule has 0 unspecified atom stereocenters. The minimum Gasteiger partial charge on any atom is -0.478 e. The number of rotatable bonds is 4. The number of nitrogens with zero attached hydrogens (tertiary/aromatic N) is 1. The van der Waals surface area contributed by atoms with Crippen molar-refractivity contribution in [2.75, 3.05) is 5.43 Å². The Morgan fingerprint density at radius 2 is 2.12 bits per heavy atom. The molecular weight excluding hydrogens is 220 g/mol. The van der Waals surface area contributed by atoms with Gasteiger partial charge in [0, 0.05) is 0 Å². The molecule has 2 aromatic rings. The molecule has 86 valence electrons. The van der Waals surface area contributed by atoms with Crippen LogP contribution in [0.1, 0.15) is 16.1 Å². The lowest BCUT2D eigenvalue weighted by molar-refractivity contribution is 0.0698. The van der Waals surface area contributed by atoms with Gasteiger partial charge in [-0.05, 0) is 24.3 Å². The highest BCUT2D eigenvalue weighted by atomic mass is 16.4. The first-order chi connectivity index (χ1) is 8.27. The summed E-state index contributed by atoms with van der Waals surface area (Å²) >= 11 is 0. The van der Waals surface area contributed by atoms with Gasteiger partial charge in [-0.3, -0.25) is 5.43 Å². The summed E-state index contributed by atoms with van der Waals surface area (Å²) in [7, 11) is 0. The number of carboxylic acid groups (broad SMARTS) is 1. The van der Waals surface area contributed by atoms with Crippen LogP contribution in [-0.4, -0.2) is 17.3 Å². The molecule has 0 aliphatic heterocycles. The average molecular weight is 230 g/mol. The van der Waals surface area contributed by atoms with Crippen LogP contribution in [0.25, 0.3) is 0 Å². The summed E-state index contributed by atoms with van der Waals surface area (Å²) in [5.41, 5.74) is 3.27. The van der Waals surface area contributed by atoms with E-state index in [2.05, 4.69) is 10.5 Å². The van der Waals surface area contributed by atoms with E-state index in [-0.39, 0.29) is 5.56 Å². The molecule has 0 saturated heterocycles. The standard InChI is InChI=1S/C12H10N2O3/c15-12(16)10-5-1-2-6-11(10)14-13-8-9-4-3-7-17-9/h1-8,14H,(H,15,16). The molecule has 5 nitrogen and oxygen atoms in total. The van der Waals surface area contributed by atoms with Gasteiger partial charge in [0.05, 0.1) is 23.7 Å². The second-order valence-electron chi connectivity index (χ2n) is 3.24. The summed E-state index contributed by atoms with van der Waals surface area (Å²) in [5.74, 6) is -0.411. The zero-order valence-corrected chi connectivity index (χ0v) is 8.83. The first kappa shape index (κ1) is 10.9. The van der Waals surface area contributed by atoms with Crippen molar-refractivity contribution in [3.05, 3.63) is 54.0 Å². The SMILES string of the molecule is O=C(O)c1ccccc1NN=Cc1ccco1. The molecule has 0 bridgehead atoms. The lowest BCUT2D eigenvalue weighted by Gasteiger charge is -2.03. The summed E-state index contributed by atoms with van der Waals surface area (Å²) in [6.07, 6.45) is 3.01. The van der Waals surface area contributed by atoms with Crippen LogP contribution < -0.4 is 5.43 Å². The minimum absolute atomic E-state index is 0.170. The van der Waals surface area contributed by atoms with Crippen molar-refractivity contribution in [2.24, 2.45) is 5.10 Å². The highest BCUT2D eigenvalue weighted by molar-refractivity contribution is 5.94. The molecule has 1 aromatic heterocycles. The van der Waals surface area contributed by atoms with E-state index >= 15 is 0 Å². The smallest absolute Gasteiger partial charge is 0.337 e. The number of hydrogen-bond acceptors (Lipinski definition) is 4. The summed E-state index contributed by atoms with van der Waals surface area (Å²) in [5, 5.41) is 12.8. The normalized spacial score (nSPS) is 10.6. The average Bonchev–Trinajstić information content (AvgIpc) is 2.82. The van der Waals surface area contributed by atoms with E-state index in [1.807, 2.05) is 0 Å². The predicted molar refractivity (Wildman–Crippen MR) is 63.3 cm³/mol. The molecular formula is C12H10N2O3. The number of hydrazone groups is 1. The largest absolute Gasteiger partial charge is 0.478 e. The maximum Gasteiger partial charge on any atom is 0.337 e. The second kappa shape index (κ2) is 4.98. The Morgan fingerprint density at radius 1 is 1.29 bits per heavy atom. The topological polar surface area (TPSA) is 74.8 Å². The molecule has 0 atom stereocenters. The number of para-hydroxylation sites is 1. The third kappa shape index (κ3) is 2.72. The zero-order chi connectivity index (χ0) is 12.1. The minimum atomic E-state index is -0.999. The van der Waals surface area contributed by atoms with Crippen LogP contribution in [0.15, 0.2) is 52.2 Å². The van der Waals surface area contributed by atoms with Crippen LogP contribution >= 0.6 is 0 Å². The third-order valence-corrected chi connectivity index (χ3v) is 2.08. The first-order valence-electron chi connectivity index (χ1n) is 4.92. The van der Waals surface area contributed by atoms with Crippen LogP contribution in [0.3, 0.4) is 0 Å². The van der Waals surface area contributed by atoms with Crippen LogP contribution in [0.5, 0.6) is 0 Å². The Labute approximate surface area is 97.4 Å². The molecule has 0 spiro atoms. The van der Waals surface area contributed by atoms with Crippen molar-refractivity contribution in [3.8, 4) is 0 Å². The highest BCUT2D eigenvalue weighted by Crippen LogP contribution is 2.14. The van der Waals surface area contributed by atoms with Gasteiger partial charge >= 0.3 is 5.97 Å². The van der Waals surface area contributed by atoms with Crippen molar-refractivity contribution >= 4 is 17.9 Å². The highest BCUT2D eigenvalue weighted by Gasteiger charge is 2.07. The number of aromatic carboxylic acids is 1. The van der Waals surface area contributed by atoms with Gasteiger partial charge in [0.2, 0.25) is 0 Å². The Morgan fingerprint density at radius 3 is 2.82 bits per heavy atom. The van der Waals surface area contributed by atoms with Gasteiger partial charge in [0.15, 0.2) is 0 Å². The molecule has 0 amide bonds. The Hall–Kier alpha value is -2.56. The molecule has 2 rings (SSSR count). The number of furan rings is 1. The van der Waals surface area contributed by atoms with Crippen molar-refractivity contribution in [1.29, 1.82) is 0 Å². The van der Waals surface area contributed by atoms with Gasteiger partial charge in [0.1, 0.15) is 5.76 Å². The molecule has 0 aliphatic rings. The predicted octanol–water partition coefficient (Wildman–Crippen LogP) is 2.42. The fourth-order valence-electron chi connectivity index (χ4n) is 1.30. The fraction of sp³-hybridized carbons (Fsp3) is 0. The molecule has 0 saturated carbocycles. The van der Waals surface area contributed by atoms with Crippen LogP contribution in [-0.2, 0) is 0 Å². The molecule has 0 radical (unpaired) electrons. The van der Waals surface area contributed by atoms with Crippen LogP contribution in [0.2, 0.25) is 0 Å². The molecule has 5 heteroatoms. The molecule has 2 N–H and O–H groups in total. The lowest BCUT2D eigenvalue weighted by Crippen LogP contribution is -2.01. The van der Waals surface area contributed by atoms with Gasteiger partial charge in [-0.1, -0.05) is 12.1 Å². The number of carboxylic acids is 1. The van der Waals surface area contributed by atoms with Crippen molar-refractivity contribution in [1.82, 2.24) is 0 Å². The summed E-state index contributed by atoms with van der Waals surface area (Å²) in [4.78, 5) is 10.9. The summed E-state index contributed by atoms with van der Waals surface area (Å²) in [6.45, 7) is 0. The fourth-order valence-corrected chi connectivity index (χ4v) is 1.30. The first-order valence-corrected chi connectivity index (χ1v) is 4.92. The second-order valence-corrected chi connectivity index (χ2v) is 3.24. The summed E-state index contributed by atoms with van der Waals surface area (Å²) < 4.78 is 5.04. The number of carbonyl (C=O) groups is 1. The van der Waals surface area contributed by atoms with Gasteiger partial charge < -0.3 is 9.52 Å². The van der Waals surface area contributed by atoms with Gasteiger partial charge in [-0.2, -0.15) is 5.10 Å². The van der Waals surface area contributed by atoms with Crippen molar-refractivity contribution in [2.45, 2.75) is 0 Å². The van der Waals surface area contributed by atoms with E-state index in [1.54, 1.807) is 30.3 Å². The van der Waals surface area contributed by atoms with E-state index < -0.39 is 5.97 Å². The third-order valence-electron chi connectivity index (χ3n) is 2.08. The maximum atomic E-state index is 10.9. The molecule has 1 heterocycles. The number of nitrogens with one attached hydrogen (secondary N) is 1.